The Hall–Kier alpha value is -2.97. The number of ether oxygens (including phenoxy) is 3. The summed E-state index contributed by atoms with van der Waals surface area (Å²) >= 11 is 0. The van der Waals surface area contributed by atoms with Crippen molar-refractivity contribution in [3.05, 3.63) is 47.5 Å². The summed E-state index contributed by atoms with van der Waals surface area (Å²) in [6, 6.07) is 11.8. The normalized spacial score (nSPS) is 16.9. The topological polar surface area (TPSA) is 75.3 Å². The number of urea groups is 1. The number of nitrogens with one attached hydrogen (secondary N) is 2. The maximum atomic E-state index is 12.7. The summed E-state index contributed by atoms with van der Waals surface area (Å²) in [6.07, 6.45) is 1.06. The Morgan fingerprint density at radius 3 is 2.59 bits per heavy atom. The van der Waals surface area contributed by atoms with Crippen molar-refractivity contribution in [3.8, 4) is 11.5 Å². The van der Waals surface area contributed by atoms with Crippen LogP contribution in [0.3, 0.4) is 0 Å². The van der Waals surface area contributed by atoms with Gasteiger partial charge in [0.05, 0.1) is 33.5 Å². The molecular weight excluding hydrogens is 408 g/mol. The molecule has 8 heteroatoms. The average Bonchev–Trinajstić information content (AvgIpc) is 3.20. The highest BCUT2D eigenvalue weighted by Gasteiger charge is 2.25. The highest BCUT2D eigenvalue weighted by molar-refractivity contribution is 5.89. The van der Waals surface area contributed by atoms with Gasteiger partial charge in [-0.1, -0.05) is 12.1 Å². The van der Waals surface area contributed by atoms with Gasteiger partial charge in [0.1, 0.15) is 0 Å². The van der Waals surface area contributed by atoms with E-state index in [1.54, 1.807) is 32.4 Å². The minimum absolute atomic E-state index is 0.0891. The number of hydrogen-bond donors (Lipinski definition) is 2. The molecule has 0 aromatic heterocycles. The second-order valence-corrected chi connectivity index (χ2v) is 8.13. The van der Waals surface area contributed by atoms with Crippen molar-refractivity contribution in [3.63, 3.8) is 0 Å². The maximum absolute atomic E-state index is 12.7. The number of hydrogen-bond acceptors (Lipinski definition) is 6. The summed E-state index contributed by atoms with van der Waals surface area (Å²) in [5, 5.41) is 5.94. The molecule has 0 bridgehead atoms. The lowest BCUT2D eigenvalue weighted by Gasteiger charge is -2.35. The Balaban J connectivity index is 1.45. The molecule has 2 N–H and O–H groups in total. The Morgan fingerprint density at radius 2 is 1.84 bits per heavy atom. The predicted molar refractivity (Wildman–Crippen MR) is 125 cm³/mol. The first-order valence-electron chi connectivity index (χ1n) is 11.0. The molecule has 0 spiro atoms. The van der Waals surface area contributed by atoms with E-state index >= 15 is 0 Å². The van der Waals surface area contributed by atoms with Crippen LogP contribution in [0.4, 0.5) is 16.2 Å². The molecule has 8 nitrogen and oxygen atoms in total. The van der Waals surface area contributed by atoms with Gasteiger partial charge in [0.15, 0.2) is 11.5 Å². The minimum Gasteiger partial charge on any atom is -0.493 e. The summed E-state index contributed by atoms with van der Waals surface area (Å²) in [7, 11) is 5.29. The van der Waals surface area contributed by atoms with Crippen molar-refractivity contribution < 1.29 is 19.0 Å². The summed E-state index contributed by atoms with van der Waals surface area (Å²) in [5.74, 6) is 1.19. The van der Waals surface area contributed by atoms with Crippen LogP contribution in [-0.2, 0) is 11.2 Å². The van der Waals surface area contributed by atoms with Crippen LogP contribution in [0.25, 0.3) is 0 Å². The van der Waals surface area contributed by atoms with Gasteiger partial charge in [-0.15, -0.1) is 0 Å². The molecule has 4 rings (SSSR count). The molecule has 2 aromatic rings. The van der Waals surface area contributed by atoms with Gasteiger partial charge in [-0.3, -0.25) is 4.90 Å². The zero-order chi connectivity index (χ0) is 22.5. The van der Waals surface area contributed by atoms with E-state index in [9.17, 15) is 4.79 Å². The van der Waals surface area contributed by atoms with E-state index in [1.165, 1.54) is 16.8 Å². The number of methoxy groups -OCH3 is 2. The van der Waals surface area contributed by atoms with E-state index in [2.05, 4.69) is 45.7 Å². The molecule has 0 radical (unpaired) electrons. The van der Waals surface area contributed by atoms with Gasteiger partial charge in [-0.05, 0) is 35.7 Å². The van der Waals surface area contributed by atoms with E-state index in [0.29, 0.717) is 36.9 Å². The summed E-state index contributed by atoms with van der Waals surface area (Å²) < 4.78 is 16.1. The first-order valence-corrected chi connectivity index (χ1v) is 11.0. The van der Waals surface area contributed by atoms with Gasteiger partial charge in [0.2, 0.25) is 0 Å². The van der Waals surface area contributed by atoms with E-state index in [4.69, 9.17) is 14.2 Å². The summed E-state index contributed by atoms with van der Waals surface area (Å²) in [4.78, 5) is 17.3. The molecule has 1 fully saturated rings. The fraction of sp³-hybridized carbons (Fsp3) is 0.458. The molecule has 32 heavy (non-hydrogen) atoms. The molecule has 2 aromatic carbocycles. The third-order valence-corrected chi connectivity index (χ3v) is 6.20. The molecule has 2 amide bonds. The van der Waals surface area contributed by atoms with Crippen molar-refractivity contribution in [1.29, 1.82) is 0 Å². The molecule has 2 aliphatic rings. The van der Waals surface area contributed by atoms with Crippen LogP contribution in [0.15, 0.2) is 36.4 Å². The fourth-order valence-electron chi connectivity index (χ4n) is 4.42. The number of amides is 2. The van der Waals surface area contributed by atoms with Crippen LogP contribution in [0.1, 0.15) is 17.2 Å². The zero-order valence-electron chi connectivity index (χ0n) is 19.0. The van der Waals surface area contributed by atoms with E-state index in [-0.39, 0.29) is 12.1 Å². The van der Waals surface area contributed by atoms with E-state index in [0.717, 1.165) is 26.1 Å². The number of carbonyl (C=O) groups excluding carboxylic acids is 1. The van der Waals surface area contributed by atoms with Crippen LogP contribution in [0.5, 0.6) is 11.5 Å². The van der Waals surface area contributed by atoms with Gasteiger partial charge in [-0.25, -0.2) is 4.79 Å². The van der Waals surface area contributed by atoms with Crippen molar-refractivity contribution in [2.24, 2.45) is 0 Å². The molecule has 1 saturated heterocycles. The Labute approximate surface area is 189 Å². The number of likely N-dealkylation sites (N-methyl/N-ethyl adjacent to an activating group) is 1. The molecule has 0 aliphatic carbocycles. The lowest BCUT2D eigenvalue weighted by atomic mass is 10.0. The van der Waals surface area contributed by atoms with Gasteiger partial charge in [0, 0.05) is 50.7 Å². The van der Waals surface area contributed by atoms with Crippen LogP contribution >= 0.6 is 0 Å². The van der Waals surface area contributed by atoms with Crippen molar-refractivity contribution >= 4 is 17.4 Å². The van der Waals surface area contributed by atoms with Crippen LogP contribution in [-0.4, -0.2) is 71.6 Å². The standard InChI is InChI=1S/C24H32N4O4/c1-27-9-8-18-14-17(4-6-20(18)27)21(28-10-12-32-13-11-28)16-25-24(29)26-19-5-7-22(30-2)23(15-19)31-3/h4-7,14-15,21H,8-13,16H2,1-3H3,(H2,25,26,29)/t21-/m1/s1. The molecule has 2 heterocycles. The highest BCUT2D eigenvalue weighted by Crippen LogP contribution is 2.32. The van der Waals surface area contributed by atoms with E-state index in [1.807, 2.05) is 0 Å². The Bertz CT molecular complexity index is 946. The third-order valence-electron chi connectivity index (χ3n) is 6.20. The molecule has 1 atom stereocenters. The van der Waals surface area contributed by atoms with Crippen molar-refractivity contribution in [2.45, 2.75) is 12.5 Å². The third kappa shape index (κ3) is 4.92. The molecule has 0 saturated carbocycles. The zero-order valence-corrected chi connectivity index (χ0v) is 19.0. The van der Waals surface area contributed by atoms with Crippen LogP contribution < -0.4 is 25.0 Å². The number of carbonyl (C=O) groups is 1. The molecular formula is C24H32N4O4. The number of nitrogens with zero attached hydrogens (tertiary/aromatic N) is 2. The molecule has 2 aliphatic heterocycles. The van der Waals surface area contributed by atoms with Crippen LogP contribution in [0.2, 0.25) is 0 Å². The predicted octanol–water partition coefficient (Wildman–Crippen LogP) is 2.89. The van der Waals surface area contributed by atoms with Crippen molar-refractivity contribution in [1.82, 2.24) is 10.2 Å². The van der Waals surface area contributed by atoms with Crippen molar-refractivity contribution in [2.75, 3.05) is 70.9 Å². The lowest BCUT2D eigenvalue weighted by Crippen LogP contribution is -2.44. The highest BCUT2D eigenvalue weighted by atomic mass is 16.5. The number of benzene rings is 2. The second-order valence-electron chi connectivity index (χ2n) is 8.13. The smallest absolute Gasteiger partial charge is 0.319 e. The van der Waals surface area contributed by atoms with Gasteiger partial charge >= 0.3 is 6.03 Å². The fourth-order valence-corrected chi connectivity index (χ4v) is 4.42. The SMILES string of the molecule is COc1ccc(NC(=O)NC[C@H](c2ccc3c(c2)CCN3C)N2CCOCC2)cc1OC. The van der Waals surface area contributed by atoms with Crippen LogP contribution in [0, 0.1) is 0 Å². The summed E-state index contributed by atoms with van der Waals surface area (Å²) in [6.45, 7) is 4.67. The Kier molecular flexibility index (Phi) is 7.02. The first-order chi connectivity index (χ1) is 15.6. The number of rotatable bonds is 7. The first kappa shape index (κ1) is 22.2. The summed E-state index contributed by atoms with van der Waals surface area (Å²) in [5.41, 5.74) is 4.54. The molecule has 0 unspecified atom stereocenters. The monoisotopic (exact) mass is 440 g/mol. The minimum atomic E-state index is -0.253. The lowest BCUT2D eigenvalue weighted by molar-refractivity contribution is 0.0168. The van der Waals surface area contributed by atoms with E-state index < -0.39 is 0 Å². The Morgan fingerprint density at radius 1 is 1.06 bits per heavy atom. The largest absolute Gasteiger partial charge is 0.493 e. The quantitative estimate of drug-likeness (QED) is 0.690. The number of anilines is 2. The van der Waals surface area contributed by atoms with Gasteiger partial charge in [-0.2, -0.15) is 0 Å². The average molecular weight is 441 g/mol. The van der Waals surface area contributed by atoms with Gasteiger partial charge < -0.3 is 29.7 Å². The number of morpholine rings is 1. The van der Waals surface area contributed by atoms with Gasteiger partial charge in [0.25, 0.3) is 0 Å². The number of fused-ring (bicyclic) bond motifs is 1. The second kappa shape index (κ2) is 10.1. The maximum Gasteiger partial charge on any atom is 0.319 e. The molecule has 172 valence electrons.